The molecule has 1 N–H and O–H groups in total. The van der Waals surface area contributed by atoms with Crippen molar-refractivity contribution in [1.29, 1.82) is 0 Å². The Bertz CT molecular complexity index is 789. The number of ketones is 2. The molecule has 0 radical (unpaired) electrons. The van der Waals surface area contributed by atoms with E-state index in [1.807, 2.05) is 6.07 Å². The molecule has 0 aliphatic heterocycles. The third kappa shape index (κ3) is 3.06. The molecule has 1 aliphatic carbocycles. The number of benzene rings is 2. The molecule has 0 spiro atoms. The molecule has 1 fully saturated rings. The van der Waals surface area contributed by atoms with Crippen LogP contribution in [0.4, 0.5) is 0 Å². The van der Waals surface area contributed by atoms with Crippen molar-refractivity contribution in [3.63, 3.8) is 0 Å². The molecule has 2 aromatic rings. The summed E-state index contributed by atoms with van der Waals surface area (Å²) in [7, 11) is 0. The zero-order valence-electron chi connectivity index (χ0n) is 12.3. The Morgan fingerprint density at radius 3 is 2.26 bits per heavy atom. The second kappa shape index (κ2) is 6.01. The summed E-state index contributed by atoms with van der Waals surface area (Å²) in [6.45, 7) is 0. The Balaban J connectivity index is 1.85. The molecular formula is C19H15ClO3. The van der Waals surface area contributed by atoms with Gasteiger partial charge in [0.2, 0.25) is 0 Å². The molecule has 0 aromatic heterocycles. The number of Topliss-reactive ketones (excluding diaryl/α,β-unsaturated/α-hetero) is 1. The van der Waals surface area contributed by atoms with Gasteiger partial charge >= 0.3 is 0 Å². The summed E-state index contributed by atoms with van der Waals surface area (Å²) < 4.78 is 0. The smallest absolute Gasteiger partial charge is 0.176 e. The summed E-state index contributed by atoms with van der Waals surface area (Å²) in [6, 6.07) is 15.4. The summed E-state index contributed by atoms with van der Waals surface area (Å²) >= 11 is 5.88. The van der Waals surface area contributed by atoms with Crippen molar-refractivity contribution in [2.75, 3.05) is 0 Å². The van der Waals surface area contributed by atoms with Gasteiger partial charge in [-0.2, -0.15) is 0 Å². The van der Waals surface area contributed by atoms with Crippen molar-refractivity contribution in [2.45, 2.75) is 12.8 Å². The molecule has 0 unspecified atom stereocenters. The molecule has 2 aromatic carbocycles. The molecule has 116 valence electrons. The summed E-state index contributed by atoms with van der Waals surface area (Å²) in [6.07, 6.45) is 2.16. The lowest BCUT2D eigenvalue weighted by molar-refractivity contribution is -0.117. The molecule has 3 rings (SSSR count). The second-order valence-electron chi connectivity index (χ2n) is 5.68. The van der Waals surface area contributed by atoms with Crippen LogP contribution in [-0.2, 0) is 4.79 Å². The summed E-state index contributed by atoms with van der Waals surface area (Å²) in [5.41, 5.74) is -0.0451. The fraction of sp³-hybridized carbons (Fsp3) is 0.158. The Morgan fingerprint density at radius 1 is 1.00 bits per heavy atom. The second-order valence-corrected chi connectivity index (χ2v) is 6.12. The molecule has 0 bridgehead atoms. The highest BCUT2D eigenvalue weighted by molar-refractivity contribution is 6.30. The zero-order chi connectivity index (χ0) is 16.4. The molecule has 1 saturated carbocycles. The van der Waals surface area contributed by atoms with Crippen molar-refractivity contribution in [3.8, 4) is 0 Å². The highest BCUT2D eigenvalue weighted by Crippen LogP contribution is 2.49. The van der Waals surface area contributed by atoms with Gasteiger partial charge in [-0.3, -0.25) is 9.59 Å². The largest absolute Gasteiger partial charge is 0.507 e. The van der Waals surface area contributed by atoms with Gasteiger partial charge < -0.3 is 5.11 Å². The normalized spacial score (nSPS) is 16.0. The third-order valence-electron chi connectivity index (χ3n) is 4.08. The molecule has 23 heavy (non-hydrogen) atoms. The van der Waals surface area contributed by atoms with Crippen LogP contribution in [0.5, 0.6) is 0 Å². The highest BCUT2D eigenvalue weighted by Gasteiger charge is 2.55. The maximum Gasteiger partial charge on any atom is 0.176 e. The van der Waals surface area contributed by atoms with Crippen molar-refractivity contribution in [2.24, 2.45) is 5.41 Å². The van der Waals surface area contributed by atoms with E-state index >= 15 is 0 Å². The SMILES string of the molecule is O=C(/C=C(\O)c1cccc(Cl)c1)C1(C(=O)c2ccccc2)CC1. The Kier molecular flexibility index (Phi) is 4.05. The van der Waals surface area contributed by atoms with Crippen LogP contribution in [0.2, 0.25) is 5.02 Å². The van der Waals surface area contributed by atoms with Crippen molar-refractivity contribution in [3.05, 3.63) is 76.8 Å². The van der Waals surface area contributed by atoms with Gasteiger partial charge in [0.25, 0.3) is 0 Å². The molecule has 0 amide bonds. The minimum atomic E-state index is -1.02. The predicted octanol–water partition coefficient (Wildman–Crippen LogP) is 4.47. The third-order valence-corrected chi connectivity index (χ3v) is 4.32. The number of carbonyl (C=O) groups excluding carboxylic acids is 2. The number of hydrogen-bond donors (Lipinski definition) is 1. The quantitative estimate of drug-likeness (QED) is 0.382. The van der Waals surface area contributed by atoms with Gasteiger partial charge in [0.1, 0.15) is 5.76 Å². The number of allylic oxidation sites excluding steroid dienone is 1. The van der Waals surface area contributed by atoms with Crippen molar-refractivity contribution in [1.82, 2.24) is 0 Å². The summed E-state index contributed by atoms with van der Waals surface area (Å²) in [5.74, 6) is -0.716. The van der Waals surface area contributed by atoms with Gasteiger partial charge in [-0.05, 0) is 25.0 Å². The van der Waals surface area contributed by atoms with Gasteiger partial charge in [0.05, 0.1) is 5.41 Å². The lowest BCUT2D eigenvalue weighted by atomic mass is 9.90. The average molecular weight is 327 g/mol. The first-order valence-corrected chi connectivity index (χ1v) is 7.72. The average Bonchev–Trinajstić information content (AvgIpc) is 3.37. The molecule has 0 heterocycles. The number of rotatable bonds is 5. The van der Waals surface area contributed by atoms with Gasteiger partial charge in [-0.1, -0.05) is 54.1 Å². The van der Waals surface area contributed by atoms with E-state index in [2.05, 4.69) is 0 Å². The Labute approximate surface area is 139 Å². The lowest BCUT2D eigenvalue weighted by Gasteiger charge is -2.11. The Hall–Kier alpha value is -2.39. The molecule has 1 aliphatic rings. The van der Waals surface area contributed by atoms with Crippen LogP contribution in [0.25, 0.3) is 5.76 Å². The van der Waals surface area contributed by atoms with E-state index in [4.69, 9.17) is 11.6 Å². The first kappa shape index (κ1) is 15.5. The maximum atomic E-state index is 12.6. The fourth-order valence-electron chi connectivity index (χ4n) is 2.57. The molecule has 4 heteroatoms. The number of aliphatic hydroxyl groups is 1. The first-order chi connectivity index (χ1) is 11.0. The van der Waals surface area contributed by atoms with Crippen molar-refractivity contribution < 1.29 is 14.7 Å². The van der Waals surface area contributed by atoms with Crippen LogP contribution in [0.1, 0.15) is 28.8 Å². The van der Waals surface area contributed by atoms with Crippen LogP contribution in [0.15, 0.2) is 60.7 Å². The Morgan fingerprint density at radius 2 is 1.65 bits per heavy atom. The number of halogens is 1. The van der Waals surface area contributed by atoms with Crippen LogP contribution in [-0.4, -0.2) is 16.7 Å². The minimum Gasteiger partial charge on any atom is -0.507 e. The van der Waals surface area contributed by atoms with Gasteiger partial charge in [-0.15, -0.1) is 0 Å². The van der Waals surface area contributed by atoms with E-state index in [-0.39, 0.29) is 17.3 Å². The summed E-state index contributed by atoms with van der Waals surface area (Å²) in [5, 5.41) is 10.6. The van der Waals surface area contributed by atoms with Gasteiger partial charge in [0, 0.05) is 22.2 Å². The summed E-state index contributed by atoms with van der Waals surface area (Å²) in [4.78, 5) is 25.1. The minimum absolute atomic E-state index is 0.176. The van der Waals surface area contributed by atoms with Crippen LogP contribution in [0, 0.1) is 5.41 Å². The monoisotopic (exact) mass is 326 g/mol. The van der Waals surface area contributed by atoms with E-state index in [0.29, 0.717) is 29.0 Å². The predicted molar refractivity (Wildman–Crippen MR) is 89.5 cm³/mol. The number of hydrogen-bond acceptors (Lipinski definition) is 3. The number of carbonyl (C=O) groups is 2. The lowest BCUT2D eigenvalue weighted by Crippen LogP contribution is -2.24. The molecule has 0 saturated heterocycles. The number of aliphatic hydroxyl groups excluding tert-OH is 1. The van der Waals surface area contributed by atoms with Gasteiger partial charge in [-0.25, -0.2) is 0 Å². The van der Waals surface area contributed by atoms with E-state index in [9.17, 15) is 14.7 Å². The maximum absolute atomic E-state index is 12.6. The fourth-order valence-corrected chi connectivity index (χ4v) is 2.76. The molecular weight excluding hydrogens is 312 g/mol. The van der Waals surface area contributed by atoms with E-state index in [1.165, 1.54) is 0 Å². The molecule has 0 atom stereocenters. The van der Waals surface area contributed by atoms with E-state index < -0.39 is 5.41 Å². The van der Waals surface area contributed by atoms with Crippen LogP contribution in [0.3, 0.4) is 0 Å². The first-order valence-electron chi connectivity index (χ1n) is 7.34. The van der Waals surface area contributed by atoms with Crippen LogP contribution < -0.4 is 0 Å². The topological polar surface area (TPSA) is 54.4 Å². The molecule has 3 nitrogen and oxygen atoms in total. The van der Waals surface area contributed by atoms with E-state index in [1.54, 1.807) is 48.5 Å². The van der Waals surface area contributed by atoms with Gasteiger partial charge in [0.15, 0.2) is 11.6 Å². The van der Waals surface area contributed by atoms with Crippen molar-refractivity contribution >= 4 is 28.9 Å². The zero-order valence-corrected chi connectivity index (χ0v) is 13.1. The van der Waals surface area contributed by atoms with Crippen LogP contribution >= 0.6 is 11.6 Å². The highest BCUT2D eigenvalue weighted by atomic mass is 35.5. The van der Waals surface area contributed by atoms with E-state index in [0.717, 1.165) is 6.08 Å². The standard InChI is InChI=1S/C19H15ClO3/c20-15-8-4-7-14(11-15)16(21)12-17(22)19(9-10-19)18(23)13-5-2-1-3-6-13/h1-8,11-12,21H,9-10H2/b16-12-.